The molecule has 0 radical (unpaired) electrons. The SMILES string of the molecule is COc1cccc(CCC(=O)OCC(=O)c2cccc(N3CCCC3=O)c2)c1OC. The summed E-state index contributed by atoms with van der Waals surface area (Å²) in [6, 6.07) is 12.3. The topological polar surface area (TPSA) is 82.1 Å². The van der Waals surface area contributed by atoms with Crippen LogP contribution in [0.15, 0.2) is 42.5 Å². The molecular weight excluding hydrogens is 386 g/mol. The summed E-state index contributed by atoms with van der Waals surface area (Å²) in [7, 11) is 3.10. The average Bonchev–Trinajstić information content (AvgIpc) is 3.21. The normalized spacial score (nSPS) is 13.3. The molecule has 0 bridgehead atoms. The molecule has 158 valence electrons. The number of amides is 1. The lowest BCUT2D eigenvalue weighted by Crippen LogP contribution is -2.24. The minimum atomic E-state index is -0.473. The minimum Gasteiger partial charge on any atom is -0.493 e. The highest BCUT2D eigenvalue weighted by atomic mass is 16.5. The maximum Gasteiger partial charge on any atom is 0.306 e. The van der Waals surface area contributed by atoms with Gasteiger partial charge in [0.2, 0.25) is 5.91 Å². The second-order valence-electron chi connectivity index (χ2n) is 6.94. The number of nitrogens with zero attached hydrogens (tertiary/aromatic N) is 1. The van der Waals surface area contributed by atoms with E-state index in [-0.39, 0.29) is 24.7 Å². The van der Waals surface area contributed by atoms with Gasteiger partial charge < -0.3 is 19.1 Å². The number of ether oxygens (including phenoxy) is 3. The van der Waals surface area contributed by atoms with Gasteiger partial charge in [0.05, 0.1) is 14.2 Å². The maximum atomic E-state index is 12.4. The van der Waals surface area contributed by atoms with Crippen LogP contribution in [-0.4, -0.2) is 45.0 Å². The number of para-hydroxylation sites is 1. The Morgan fingerprint density at radius 3 is 2.57 bits per heavy atom. The number of carbonyl (C=O) groups is 3. The van der Waals surface area contributed by atoms with E-state index in [1.807, 2.05) is 12.1 Å². The van der Waals surface area contributed by atoms with E-state index in [0.717, 1.165) is 12.0 Å². The Kier molecular flexibility index (Phi) is 7.06. The Balaban J connectivity index is 1.54. The number of anilines is 1. The lowest BCUT2D eigenvalue weighted by Gasteiger charge is -2.16. The van der Waals surface area contributed by atoms with E-state index in [9.17, 15) is 14.4 Å². The molecule has 0 aromatic heterocycles. The molecule has 0 aliphatic carbocycles. The van der Waals surface area contributed by atoms with E-state index >= 15 is 0 Å². The van der Waals surface area contributed by atoms with E-state index in [0.29, 0.717) is 42.1 Å². The van der Waals surface area contributed by atoms with Gasteiger partial charge in [-0.1, -0.05) is 24.3 Å². The summed E-state index contributed by atoms with van der Waals surface area (Å²) in [4.78, 5) is 38.1. The highest BCUT2D eigenvalue weighted by molar-refractivity contribution is 6.01. The van der Waals surface area contributed by atoms with Crippen molar-refractivity contribution in [2.75, 3.05) is 32.3 Å². The zero-order valence-electron chi connectivity index (χ0n) is 17.2. The molecule has 30 heavy (non-hydrogen) atoms. The number of Topliss-reactive ketones (excluding diaryl/α,β-unsaturated/α-hetero) is 1. The van der Waals surface area contributed by atoms with Gasteiger partial charge in [0.25, 0.3) is 0 Å². The second-order valence-corrected chi connectivity index (χ2v) is 6.94. The van der Waals surface area contributed by atoms with Gasteiger partial charge in [-0.25, -0.2) is 0 Å². The number of esters is 1. The molecule has 1 aliphatic rings. The van der Waals surface area contributed by atoms with Crippen LogP contribution in [0.3, 0.4) is 0 Å². The number of ketones is 1. The zero-order chi connectivity index (χ0) is 21.5. The van der Waals surface area contributed by atoms with Crippen molar-refractivity contribution in [2.24, 2.45) is 0 Å². The first-order valence-corrected chi connectivity index (χ1v) is 9.82. The molecule has 0 N–H and O–H groups in total. The monoisotopic (exact) mass is 411 g/mol. The van der Waals surface area contributed by atoms with Crippen LogP contribution in [0.1, 0.15) is 35.2 Å². The molecule has 1 amide bonds. The molecule has 2 aromatic carbocycles. The zero-order valence-corrected chi connectivity index (χ0v) is 17.2. The molecular formula is C23H25NO6. The Labute approximate surface area is 175 Å². The Morgan fingerprint density at radius 2 is 1.87 bits per heavy atom. The van der Waals surface area contributed by atoms with Crippen molar-refractivity contribution >= 4 is 23.3 Å². The lowest BCUT2D eigenvalue weighted by molar-refractivity contribution is -0.142. The molecule has 1 fully saturated rings. The highest BCUT2D eigenvalue weighted by Crippen LogP contribution is 2.31. The van der Waals surface area contributed by atoms with Crippen LogP contribution in [-0.2, 0) is 20.7 Å². The van der Waals surface area contributed by atoms with E-state index in [1.165, 1.54) is 0 Å². The maximum absolute atomic E-state index is 12.4. The van der Waals surface area contributed by atoms with Gasteiger partial charge in [0.1, 0.15) is 0 Å². The van der Waals surface area contributed by atoms with Gasteiger partial charge in [-0.3, -0.25) is 14.4 Å². The number of rotatable bonds is 9. The third-order valence-corrected chi connectivity index (χ3v) is 5.00. The highest BCUT2D eigenvalue weighted by Gasteiger charge is 2.22. The Bertz CT molecular complexity index is 939. The first kappa shape index (κ1) is 21.4. The van der Waals surface area contributed by atoms with Gasteiger partial charge in [-0.05, 0) is 36.6 Å². The van der Waals surface area contributed by atoms with Crippen molar-refractivity contribution < 1.29 is 28.6 Å². The fraction of sp³-hybridized carbons (Fsp3) is 0.348. The smallest absolute Gasteiger partial charge is 0.306 e. The molecule has 0 saturated carbocycles. The molecule has 2 aromatic rings. The summed E-state index contributed by atoms with van der Waals surface area (Å²) in [5.41, 5.74) is 1.93. The largest absolute Gasteiger partial charge is 0.493 e. The quantitative estimate of drug-likeness (QED) is 0.466. The minimum absolute atomic E-state index is 0.0546. The van der Waals surface area contributed by atoms with E-state index < -0.39 is 5.97 Å². The number of aryl methyl sites for hydroxylation is 1. The molecule has 0 unspecified atom stereocenters. The second kappa shape index (κ2) is 9.91. The standard InChI is InChI=1S/C23H25NO6/c1-28-20-9-4-6-16(23(20)29-2)11-12-22(27)30-15-19(25)17-7-3-8-18(14-17)24-13-5-10-21(24)26/h3-4,6-9,14H,5,10-13,15H2,1-2H3. The van der Waals surface area contributed by atoms with E-state index in [4.69, 9.17) is 14.2 Å². The van der Waals surface area contributed by atoms with Gasteiger partial charge in [-0.15, -0.1) is 0 Å². The van der Waals surface area contributed by atoms with Crippen molar-refractivity contribution in [3.8, 4) is 11.5 Å². The molecule has 1 heterocycles. The number of hydrogen-bond donors (Lipinski definition) is 0. The fourth-order valence-corrected chi connectivity index (χ4v) is 3.46. The van der Waals surface area contributed by atoms with Crippen molar-refractivity contribution in [2.45, 2.75) is 25.7 Å². The molecule has 3 rings (SSSR count). The average molecular weight is 411 g/mol. The van der Waals surface area contributed by atoms with Crippen LogP contribution in [0.2, 0.25) is 0 Å². The van der Waals surface area contributed by atoms with Crippen LogP contribution in [0.25, 0.3) is 0 Å². The summed E-state index contributed by atoms with van der Waals surface area (Å²) < 4.78 is 15.8. The van der Waals surface area contributed by atoms with E-state index in [1.54, 1.807) is 49.5 Å². The number of benzene rings is 2. The van der Waals surface area contributed by atoms with Gasteiger partial charge in [-0.2, -0.15) is 0 Å². The molecule has 1 saturated heterocycles. The molecule has 0 atom stereocenters. The summed E-state index contributed by atoms with van der Waals surface area (Å²) in [6.07, 6.45) is 1.85. The van der Waals surface area contributed by atoms with Crippen molar-refractivity contribution in [3.05, 3.63) is 53.6 Å². The predicted molar refractivity (Wildman–Crippen MR) is 111 cm³/mol. The number of carbonyl (C=O) groups excluding carboxylic acids is 3. The molecule has 7 nitrogen and oxygen atoms in total. The molecule has 1 aliphatic heterocycles. The van der Waals surface area contributed by atoms with Gasteiger partial charge >= 0.3 is 5.97 Å². The van der Waals surface area contributed by atoms with Crippen LogP contribution < -0.4 is 14.4 Å². The van der Waals surface area contributed by atoms with E-state index in [2.05, 4.69) is 0 Å². The summed E-state index contributed by atoms with van der Waals surface area (Å²) in [6.45, 7) is 0.310. The van der Waals surface area contributed by atoms with Gasteiger partial charge in [0.15, 0.2) is 23.9 Å². The summed E-state index contributed by atoms with van der Waals surface area (Å²) >= 11 is 0. The van der Waals surface area contributed by atoms with Crippen LogP contribution >= 0.6 is 0 Å². The number of hydrogen-bond acceptors (Lipinski definition) is 6. The number of methoxy groups -OCH3 is 2. The first-order chi connectivity index (χ1) is 14.5. The summed E-state index contributed by atoms with van der Waals surface area (Å²) in [5.74, 6) is 0.445. The predicted octanol–water partition coefficient (Wildman–Crippen LogP) is 3.19. The van der Waals surface area contributed by atoms with Crippen molar-refractivity contribution in [1.82, 2.24) is 0 Å². The van der Waals surface area contributed by atoms with Gasteiger partial charge in [0, 0.05) is 30.6 Å². The van der Waals surface area contributed by atoms with Crippen LogP contribution in [0.5, 0.6) is 11.5 Å². The lowest BCUT2D eigenvalue weighted by atomic mass is 10.1. The Hall–Kier alpha value is -3.35. The molecule has 7 heteroatoms. The third kappa shape index (κ3) is 4.97. The molecule has 0 spiro atoms. The fourth-order valence-electron chi connectivity index (χ4n) is 3.46. The Morgan fingerprint density at radius 1 is 1.07 bits per heavy atom. The first-order valence-electron chi connectivity index (χ1n) is 9.82. The van der Waals surface area contributed by atoms with Crippen molar-refractivity contribution in [1.29, 1.82) is 0 Å². The third-order valence-electron chi connectivity index (χ3n) is 5.00. The van der Waals surface area contributed by atoms with Crippen LogP contribution in [0, 0.1) is 0 Å². The summed E-state index contributed by atoms with van der Waals surface area (Å²) in [5, 5.41) is 0. The van der Waals surface area contributed by atoms with Crippen molar-refractivity contribution in [3.63, 3.8) is 0 Å². The van der Waals surface area contributed by atoms with Crippen LogP contribution in [0.4, 0.5) is 5.69 Å².